The molecule has 21 heavy (non-hydrogen) atoms. The van der Waals surface area contributed by atoms with Crippen molar-refractivity contribution >= 4 is 11.7 Å². The van der Waals surface area contributed by atoms with Gasteiger partial charge in [0.15, 0.2) is 0 Å². The second kappa shape index (κ2) is 5.40. The molecule has 3 rings (SSSR count). The van der Waals surface area contributed by atoms with Crippen LogP contribution in [0.2, 0.25) is 0 Å². The van der Waals surface area contributed by atoms with Gasteiger partial charge in [0, 0.05) is 5.56 Å². The minimum Gasteiger partial charge on any atom is -0.435 e. The molecule has 1 spiro atoms. The van der Waals surface area contributed by atoms with Crippen molar-refractivity contribution in [1.82, 2.24) is 10.6 Å². The van der Waals surface area contributed by atoms with Crippen LogP contribution in [0.3, 0.4) is 0 Å². The molecule has 1 fully saturated rings. The Morgan fingerprint density at radius 2 is 1.86 bits per heavy atom. The van der Waals surface area contributed by atoms with E-state index in [-0.39, 0.29) is 11.7 Å². The van der Waals surface area contributed by atoms with Crippen LogP contribution in [0.1, 0.15) is 18.4 Å². The Bertz CT molecular complexity index is 566. The number of ether oxygens (including phenoxy) is 1. The SMILES string of the molecule is O=C1NC(c2ccc(OC(F)F)cc2)=NC12CCNCC2. The topological polar surface area (TPSA) is 62.7 Å². The number of hydrogen-bond donors (Lipinski definition) is 2. The number of benzene rings is 1. The van der Waals surface area contributed by atoms with Crippen molar-refractivity contribution < 1.29 is 18.3 Å². The van der Waals surface area contributed by atoms with Crippen LogP contribution in [0, 0.1) is 0 Å². The van der Waals surface area contributed by atoms with Crippen LogP contribution in [0.5, 0.6) is 5.75 Å². The number of carbonyl (C=O) groups is 1. The summed E-state index contributed by atoms with van der Waals surface area (Å²) >= 11 is 0. The van der Waals surface area contributed by atoms with Gasteiger partial charge in [-0.25, -0.2) is 0 Å². The van der Waals surface area contributed by atoms with Gasteiger partial charge in [0.25, 0.3) is 5.91 Å². The largest absolute Gasteiger partial charge is 0.435 e. The average Bonchev–Trinajstić information content (AvgIpc) is 2.77. The molecule has 0 aliphatic carbocycles. The van der Waals surface area contributed by atoms with Gasteiger partial charge >= 0.3 is 6.61 Å². The first kappa shape index (κ1) is 13.9. The van der Waals surface area contributed by atoms with E-state index >= 15 is 0 Å². The predicted octanol–water partition coefficient (Wildman–Crippen LogP) is 1.29. The van der Waals surface area contributed by atoms with E-state index in [1.54, 1.807) is 12.1 Å². The Balaban J connectivity index is 1.80. The lowest BCUT2D eigenvalue weighted by Crippen LogP contribution is -2.47. The molecule has 0 bridgehead atoms. The molecular formula is C14H15F2N3O2. The summed E-state index contributed by atoms with van der Waals surface area (Å²) < 4.78 is 28.5. The van der Waals surface area contributed by atoms with Crippen LogP contribution in [0.15, 0.2) is 29.3 Å². The van der Waals surface area contributed by atoms with Crippen LogP contribution in [-0.2, 0) is 4.79 Å². The molecule has 5 nitrogen and oxygen atoms in total. The highest BCUT2D eigenvalue weighted by Gasteiger charge is 2.44. The number of alkyl halides is 2. The summed E-state index contributed by atoms with van der Waals surface area (Å²) in [7, 11) is 0. The van der Waals surface area contributed by atoms with E-state index in [4.69, 9.17) is 0 Å². The maximum absolute atomic E-state index is 12.2. The molecule has 7 heteroatoms. The second-order valence-corrected chi connectivity index (χ2v) is 5.10. The van der Waals surface area contributed by atoms with Crippen molar-refractivity contribution in [3.05, 3.63) is 29.8 Å². The van der Waals surface area contributed by atoms with Gasteiger partial charge < -0.3 is 15.4 Å². The predicted molar refractivity (Wildman–Crippen MR) is 72.6 cm³/mol. The number of amidine groups is 1. The summed E-state index contributed by atoms with van der Waals surface area (Å²) in [6.07, 6.45) is 1.32. The van der Waals surface area contributed by atoms with Gasteiger partial charge in [0.2, 0.25) is 0 Å². The summed E-state index contributed by atoms with van der Waals surface area (Å²) in [5.74, 6) is 0.479. The number of rotatable bonds is 3. The van der Waals surface area contributed by atoms with Crippen molar-refractivity contribution in [2.75, 3.05) is 13.1 Å². The van der Waals surface area contributed by atoms with Gasteiger partial charge in [0.1, 0.15) is 17.1 Å². The van der Waals surface area contributed by atoms with Gasteiger partial charge in [-0.1, -0.05) is 0 Å². The normalized spacial score (nSPS) is 20.5. The lowest BCUT2D eigenvalue weighted by molar-refractivity contribution is -0.124. The molecule has 0 radical (unpaired) electrons. The second-order valence-electron chi connectivity index (χ2n) is 5.10. The fraction of sp³-hybridized carbons (Fsp3) is 0.429. The third-order valence-electron chi connectivity index (χ3n) is 3.76. The fourth-order valence-electron chi connectivity index (χ4n) is 2.63. The van der Waals surface area contributed by atoms with Crippen LogP contribution < -0.4 is 15.4 Å². The monoisotopic (exact) mass is 295 g/mol. The van der Waals surface area contributed by atoms with Gasteiger partial charge in [-0.3, -0.25) is 9.79 Å². The molecule has 2 aliphatic rings. The zero-order chi connectivity index (χ0) is 14.9. The molecule has 2 N–H and O–H groups in total. The van der Waals surface area contributed by atoms with E-state index in [0.717, 1.165) is 13.1 Å². The van der Waals surface area contributed by atoms with Gasteiger partial charge in [0.05, 0.1) is 0 Å². The first-order valence-electron chi connectivity index (χ1n) is 6.76. The minimum atomic E-state index is -2.85. The Labute approximate surface area is 120 Å². The molecule has 1 saturated heterocycles. The molecule has 112 valence electrons. The molecular weight excluding hydrogens is 280 g/mol. The lowest BCUT2D eigenvalue weighted by Gasteiger charge is -2.28. The summed E-state index contributed by atoms with van der Waals surface area (Å²) in [5, 5.41) is 5.99. The molecule has 2 heterocycles. The third-order valence-corrected chi connectivity index (χ3v) is 3.76. The van der Waals surface area contributed by atoms with E-state index in [0.29, 0.717) is 24.2 Å². The van der Waals surface area contributed by atoms with E-state index in [2.05, 4.69) is 20.4 Å². The highest BCUT2D eigenvalue weighted by atomic mass is 19.3. The summed E-state index contributed by atoms with van der Waals surface area (Å²) in [4.78, 5) is 16.7. The number of carbonyl (C=O) groups excluding carboxylic acids is 1. The lowest BCUT2D eigenvalue weighted by atomic mass is 9.89. The van der Waals surface area contributed by atoms with Crippen molar-refractivity contribution in [3.8, 4) is 5.75 Å². The maximum atomic E-state index is 12.2. The zero-order valence-electron chi connectivity index (χ0n) is 11.2. The maximum Gasteiger partial charge on any atom is 0.387 e. The van der Waals surface area contributed by atoms with E-state index in [1.807, 2.05) is 0 Å². The molecule has 1 aromatic rings. The van der Waals surface area contributed by atoms with Crippen LogP contribution in [-0.4, -0.2) is 37.0 Å². The van der Waals surface area contributed by atoms with Crippen molar-refractivity contribution in [1.29, 1.82) is 0 Å². The quantitative estimate of drug-likeness (QED) is 0.883. The summed E-state index contributed by atoms with van der Waals surface area (Å²) in [6, 6.07) is 6.08. The van der Waals surface area contributed by atoms with E-state index in [1.165, 1.54) is 12.1 Å². The molecule has 0 aromatic heterocycles. The molecule has 0 unspecified atom stereocenters. The molecule has 1 amide bonds. The Kier molecular flexibility index (Phi) is 3.59. The first-order chi connectivity index (χ1) is 10.1. The standard InChI is InChI=1S/C14H15F2N3O2/c15-13(16)21-10-3-1-9(2-4-10)11-18-12(20)14(19-11)5-7-17-8-6-14/h1-4,13,17H,5-8H2,(H,18,19,20). The van der Waals surface area contributed by atoms with Crippen molar-refractivity contribution in [2.45, 2.75) is 25.0 Å². The minimum absolute atomic E-state index is 0.0789. The van der Waals surface area contributed by atoms with Gasteiger partial charge in [-0.15, -0.1) is 0 Å². The molecule has 0 atom stereocenters. The number of nitrogens with one attached hydrogen (secondary N) is 2. The van der Waals surface area contributed by atoms with E-state index < -0.39 is 12.2 Å². The molecule has 2 aliphatic heterocycles. The Morgan fingerprint density at radius 1 is 1.19 bits per heavy atom. The Hall–Kier alpha value is -2.02. The van der Waals surface area contributed by atoms with Crippen LogP contribution in [0.4, 0.5) is 8.78 Å². The molecule has 1 aromatic carbocycles. The van der Waals surface area contributed by atoms with Crippen LogP contribution in [0.25, 0.3) is 0 Å². The number of nitrogens with zero attached hydrogens (tertiary/aromatic N) is 1. The van der Waals surface area contributed by atoms with Gasteiger partial charge in [-0.05, 0) is 50.2 Å². The number of halogens is 2. The molecule has 0 saturated carbocycles. The van der Waals surface area contributed by atoms with Crippen molar-refractivity contribution in [2.24, 2.45) is 4.99 Å². The highest BCUT2D eigenvalue weighted by Crippen LogP contribution is 2.28. The average molecular weight is 295 g/mol. The summed E-state index contributed by atoms with van der Waals surface area (Å²) in [5.41, 5.74) is -0.000916. The number of piperidine rings is 1. The van der Waals surface area contributed by atoms with Gasteiger partial charge in [-0.2, -0.15) is 8.78 Å². The zero-order valence-corrected chi connectivity index (χ0v) is 11.2. The van der Waals surface area contributed by atoms with Crippen molar-refractivity contribution in [3.63, 3.8) is 0 Å². The van der Waals surface area contributed by atoms with E-state index in [9.17, 15) is 13.6 Å². The third kappa shape index (κ3) is 2.73. The smallest absolute Gasteiger partial charge is 0.387 e. The first-order valence-corrected chi connectivity index (χ1v) is 6.76. The Morgan fingerprint density at radius 3 is 2.48 bits per heavy atom. The fourth-order valence-corrected chi connectivity index (χ4v) is 2.63. The number of hydrogen-bond acceptors (Lipinski definition) is 4. The summed E-state index contributed by atoms with van der Waals surface area (Å²) in [6.45, 7) is -1.34. The van der Waals surface area contributed by atoms with Crippen LogP contribution >= 0.6 is 0 Å². The number of amides is 1. The highest BCUT2D eigenvalue weighted by molar-refractivity contribution is 6.15. The number of aliphatic imine (C=N–C) groups is 1.